The van der Waals surface area contributed by atoms with E-state index in [1.807, 2.05) is 6.07 Å². The highest BCUT2D eigenvalue weighted by molar-refractivity contribution is 7.89. The second-order valence-corrected chi connectivity index (χ2v) is 5.16. The molecular formula is C9H12N4O4S. The number of carbonyl (C=O) groups is 1. The number of aliphatic carboxylic acids is 1. The van der Waals surface area contributed by atoms with Crippen LogP contribution in [0.25, 0.3) is 0 Å². The number of nitriles is 1. The van der Waals surface area contributed by atoms with Crippen molar-refractivity contribution in [2.24, 2.45) is 0 Å². The van der Waals surface area contributed by atoms with E-state index in [1.165, 1.54) is 10.9 Å². The van der Waals surface area contributed by atoms with E-state index in [0.29, 0.717) is 0 Å². The maximum Gasteiger partial charge on any atom is 0.305 e. The highest BCUT2D eigenvalue weighted by atomic mass is 32.2. The summed E-state index contributed by atoms with van der Waals surface area (Å²) in [6, 6.07) is 1.82. The molecule has 0 saturated carbocycles. The Bertz CT molecular complexity index is 557. The Labute approximate surface area is 104 Å². The van der Waals surface area contributed by atoms with Crippen molar-refractivity contribution in [2.75, 3.05) is 6.54 Å². The van der Waals surface area contributed by atoms with Gasteiger partial charge in [0.2, 0.25) is 10.0 Å². The summed E-state index contributed by atoms with van der Waals surface area (Å²) in [6.07, 6.45) is 2.32. The number of aryl methyl sites for hydroxylation is 1. The summed E-state index contributed by atoms with van der Waals surface area (Å²) < 4.78 is 26.8. The molecule has 0 bridgehead atoms. The van der Waals surface area contributed by atoms with Gasteiger partial charge in [-0.05, 0) is 0 Å². The number of aromatic nitrogens is 2. The number of sulfonamides is 1. The third kappa shape index (κ3) is 4.15. The van der Waals surface area contributed by atoms with Gasteiger partial charge in [0, 0.05) is 19.2 Å². The van der Waals surface area contributed by atoms with Crippen molar-refractivity contribution in [1.29, 1.82) is 5.26 Å². The number of carboxylic acid groups (broad SMARTS) is 1. The minimum absolute atomic E-state index is 0.0269. The van der Waals surface area contributed by atoms with E-state index in [2.05, 4.69) is 9.82 Å². The predicted octanol–water partition coefficient (Wildman–Crippen LogP) is -0.450. The largest absolute Gasteiger partial charge is 0.481 e. The van der Waals surface area contributed by atoms with Crippen LogP contribution in [0.3, 0.4) is 0 Å². The van der Waals surface area contributed by atoms with Gasteiger partial charge in [-0.2, -0.15) is 10.4 Å². The summed E-state index contributed by atoms with van der Waals surface area (Å²) in [5.74, 6) is -0.984. The smallest absolute Gasteiger partial charge is 0.305 e. The molecule has 0 unspecified atom stereocenters. The maximum atomic E-state index is 11.7. The monoisotopic (exact) mass is 272 g/mol. The van der Waals surface area contributed by atoms with Crippen molar-refractivity contribution in [2.45, 2.75) is 24.3 Å². The average molecular weight is 272 g/mol. The molecule has 0 atom stereocenters. The summed E-state index contributed by atoms with van der Waals surface area (Å²) >= 11 is 0. The molecule has 18 heavy (non-hydrogen) atoms. The first-order valence-electron chi connectivity index (χ1n) is 5.06. The average Bonchev–Trinajstić information content (AvgIpc) is 2.76. The Morgan fingerprint density at radius 3 is 2.94 bits per heavy atom. The summed E-state index contributed by atoms with van der Waals surface area (Å²) in [7, 11) is -3.68. The topological polar surface area (TPSA) is 125 Å². The number of hydrogen-bond acceptors (Lipinski definition) is 5. The molecular weight excluding hydrogens is 260 g/mol. The fourth-order valence-electron chi connectivity index (χ4n) is 1.14. The molecule has 0 aliphatic heterocycles. The third-order valence-electron chi connectivity index (χ3n) is 2.00. The molecule has 0 saturated heterocycles. The minimum Gasteiger partial charge on any atom is -0.481 e. The third-order valence-corrected chi connectivity index (χ3v) is 3.42. The Balaban J connectivity index is 2.67. The van der Waals surface area contributed by atoms with Crippen LogP contribution in [0, 0.1) is 11.3 Å². The highest BCUT2D eigenvalue weighted by Gasteiger charge is 2.15. The van der Waals surface area contributed by atoms with Gasteiger partial charge in [-0.3, -0.25) is 9.48 Å². The van der Waals surface area contributed by atoms with Gasteiger partial charge in [-0.25, -0.2) is 13.1 Å². The van der Waals surface area contributed by atoms with Crippen LogP contribution in [0.1, 0.15) is 12.8 Å². The minimum atomic E-state index is -3.68. The quantitative estimate of drug-likeness (QED) is 0.647. The van der Waals surface area contributed by atoms with E-state index >= 15 is 0 Å². The molecule has 0 aromatic carbocycles. The molecule has 1 aromatic heterocycles. The fraction of sp³-hybridized carbons (Fsp3) is 0.444. The van der Waals surface area contributed by atoms with Crippen molar-refractivity contribution >= 4 is 16.0 Å². The molecule has 0 fully saturated rings. The molecule has 98 valence electrons. The van der Waals surface area contributed by atoms with Crippen molar-refractivity contribution in [3.8, 4) is 6.07 Å². The lowest BCUT2D eigenvalue weighted by Gasteiger charge is -2.01. The predicted molar refractivity (Wildman–Crippen MR) is 59.9 cm³/mol. The van der Waals surface area contributed by atoms with E-state index in [0.717, 1.165) is 6.20 Å². The number of nitrogens with one attached hydrogen (secondary N) is 1. The fourth-order valence-corrected chi connectivity index (χ4v) is 2.12. The van der Waals surface area contributed by atoms with Gasteiger partial charge in [0.05, 0.1) is 25.2 Å². The molecule has 1 rings (SSSR count). The molecule has 0 amide bonds. The van der Waals surface area contributed by atoms with Crippen LogP contribution in [0.5, 0.6) is 0 Å². The van der Waals surface area contributed by atoms with Gasteiger partial charge in [0.1, 0.15) is 4.90 Å². The van der Waals surface area contributed by atoms with Crippen molar-refractivity contribution in [3.63, 3.8) is 0 Å². The second-order valence-electron chi connectivity index (χ2n) is 3.39. The number of hydrogen-bond donors (Lipinski definition) is 2. The Hall–Kier alpha value is -1.92. The van der Waals surface area contributed by atoms with Crippen molar-refractivity contribution < 1.29 is 18.3 Å². The van der Waals surface area contributed by atoms with Gasteiger partial charge < -0.3 is 5.11 Å². The van der Waals surface area contributed by atoms with E-state index in [4.69, 9.17) is 10.4 Å². The zero-order valence-electron chi connectivity index (χ0n) is 9.40. The standard InChI is InChI=1S/C9H12N4O4S/c10-3-1-4-12-18(16,17)8-6-11-13(7-8)5-2-9(14)15/h6-7,12H,1-2,4-5H2,(H,14,15). The summed E-state index contributed by atoms with van der Waals surface area (Å²) in [5, 5.41) is 20.5. The van der Waals surface area contributed by atoms with Crippen LogP contribution < -0.4 is 4.72 Å². The zero-order valence-corrected chi connectivity index (χ0v) is 10.2. The van der Waals surface area contributed by atoms with E-state index in [1.54, 1.807) is 0 Å². The summed E-state index contributed by atoms with van der Waals surface area (Å²) in [5.41, 5.74) is 0. The van der Waals surface area contributed by atoms with Gasteiger partial charge in [0.15, 0.2) is 0 Å². The van der Waals surface area contributed by atoms with E-state index in [-0.39, 0.29) is 30.8 Å². The lowest BCUT2D eigenvalue weighted by atomic mass is 10.4. The molecule has 0 spiro atoms. The molecule has 2 N–H and O–H groups in total. The first-order valence-corrected chi connectivity index (χ1v) is 6.55. The SMILES string of the molecule is N#CCCNS(=O)(=O)c1cnn(CCC(=O)O)c1. The number of nitrogens with zero attached hydrogens (tertiary/aromatic N) is 3. The lowest BCUT2D eigenvalue weighted by Crippen LogP contribution is -2.24. The van der Waals surface area contributed by atoms with Gasteiger partial charge in [0.25, 0.3) is 0 Å². The van der Waals surface area contributed by atoms with Gasteiger partial charge in [-0.1, -0.05) is 0 Å². The molecule has 9 heteroatoms. The molecule has 1 aromatic rings. The van der Waals surface area contributed by atoms with Gasteiger partial charge >= 0.3 is 5.97 Å². The normalized spacial score (nSPS) is 11.1. The van der Waals surface area contributed by atoms with Crippen LogP contribution in [0.4, 0.5) is 0 Å². The first-order chi connectivity index (χ1) is 8.45. The first kappa shape index (κ1) is 14.1. The molecule has 0 aliphatic rings. The second kappa shape index (κ2) is 6.13. The maximum absolute atomic E-state index is 11.7. The van der Waals surface area contributed by atoms with Crippen molar-refractivity contribution in [1.82, 2.24) is 14.5 Å². The Kier molecular flexibility index (Phi) is 4.82. The highest BCUT2D eigenvalue weighted by Crippen LogP contribution is 2.07. The lowest BCUT2D eigenvalue weighted by molar-refractivity contribution is -0.137. The van der Waals surface area contributed by atoms with E-state index in [9.17, 15) is 13.2 Å². The van der Waals surface area contributed by atoms with Crippen LogP contribution in [0.2, 0.25) is 0 Å². The van der Waals surface area contributed by atoms with E-state index < -0.39 is 16.0 Å². The Morgan fingerprint density at radius 2 is 2.33 bits per heavy atom. The molecule has 0 aliphatic carbocycles. The number of rotatable bonds is 7. The van der Waals surface area contributed by atoms with Gasteiger partial charge in [-0.15, -0.1) is 0 Å². The zero-order chi connectivity index (χ0) is 13.6. The molecule has 8 nitrogen and oxygen atoms in total. The summed E-state index contributed by atoms with van der Waals surface area (Å²) in [6.45, 7) is 0.127. The molecule has 0 radical (unpaired) electrons. The van der Waals surface area contributed by atoms with Crippen LogP contribution in [-0.2, 0) is 21.4 Å². The Morgan fingerprint density at radius 1 is 1.61 bits per heavy atom. The summed E-state index contributed by atoms with van der Waals surface area (Å²) in [4.78, 5) is 10.3. The molecule has 1 heterocycles. The van der Waals surface area contributed by atoms with Crippen LogP contribution >= 0.6 is 0 Å². The van der Waals surface area contributed by atoms with Crippen LogP contribution in [0.15, 0.2) is 17.3 Å². The van der Waals surface area contributed by atoms with Crippen molar-refractivity contribution in [3.05, 3.63) is 12.4 Å². The van der Waals surface area contributed by atoms with Crippen LogP contribution in [-0.4, -0.2) is 35.8 Å². The number of carboxylic acids is 1.